The van der Waals surface area contributed by atoms with Crippen LogP contribution < -0.4 is 4.74 Å². The van der Waals surface area contributed by atoms with E-state index < -0.39 is 11.6 Å². The van der Waals surface area contributed by atoms with Crippen LogP contribution in [0.2, 0.25) is 0 Å². The molecule has 0 radical (unpaired) electrons. The SMILES string of the molecule is N#Cc1oc2ccccc2c1OCc1ccc(F)c(F)c1. The highest BCUT2D eigenvalue weighted by atomic mass is 19.2. The van der Waals surface area contributed by atoms with Crippen molar-refractivity contribution in [3.63, 3.8) is 0 Å². The van der Waals surface area contributed by atoms with Crippen LogP contribution >= 0.6 is 0 Å². The van der Waals surface area contributed by atoms with Crippen LogP contribution in [0.15, 0.2) is 46.9 Å². The summed E-state index contributed by atoms with van der Waals surface area (Å²) in [5.74, 6) is -1.49. The highest BCUT2D eigenvalue weighted by Gasteiger charge is 2.15. The lowest BCUT2D eigenvalue weighted by atomic mass is 10.2. The average Bonchev–Trinajstić information content (AvgIpc) is 2.86. The van der Waals surface area contributed by atoms with Gasteiger partial charge < -0.3 is 9.15 Å². The number of hydrogen-bond acceptors (Lipinski definition) is 3. The number of furan rings is 1. The van der Waals surface area contributed by atoms with Crippen LogP contribution in [0.1, 0.15) is 11.3 Å². The molecule has 0 aliphatic rings. The summed E-state index contributed by atoms with van der Waals surface area (Å²) in [5, 5.41) is 9.73. The predicted molar refractivity (Wildman–Crippen MR) is 71.6 cm³/mol. The van der Waals surface area contributed by atoms with E-state index in [2.05, 4.69) is 0 Å². The summed E-state index contributed by atoms with van der Waals surface area (Å²) >= 11 is 0. The summed E-state index contributed by atoms with van der Waals surface area (Å²) in [6, 6.07) is 12.5. The van der Waals surface area contributed by atoms with Crippen molar-refractivity contribution in [1.82, 2.24) is 0 Å². The predicted octanol–water partition coefficient (Wildman–Crippen LogP) is 4.16. The largest absolute Gasteiger partial charge is 0.483 e. The highest BCUT2D eigenvalue weighted by molar-refractivity contribution is 5.86. The maximum atomic E-state index is 13.1. The fourth-order valence-electron chi connectivity index (χ4n) is 2.02. The van der Waals surface area contributed by atoms with Crippen molar-refractivity contribution in [2.24, 2.45) is 0 Å². The number of nitriles is 1. The molecular weight excluding hydrogens is 276 g/mol. The molecule has 0 N–H and O–H groups in total. The van der Waals surface area contributed by atoms with E-state index in [9.17, 15) is 8.78 Å². The Morgan fingerprint density at radius 1 is 1.10 bits per heavy atom. The molecule has 0 spiro atoms. The molecule has 1 heterocycles. The minimum absolute atomic E-state index is 0.00933. The van der Waals surface area contributed by atoms with E-state index in [1.807, 2.05) is 6.07 Å². The third-order valence-corrected chi connectivity index (χ3v) is 3.02. The van der Waals surface area contributed by atoms with E-state index in [1.54, 1.807) is 24.3 Å². The van der Waals surface area contributed by atoms with Gasteiger partial charge in [0.15, 0.2) is 17.4 Å². The molecule has 0 unspecified atom stereocenters. The van der Waals surface area contributed by atoms with Crippen molar-refractivity contribution in [2.45, 2.75) is 6.61 Å². The highest BCUT2D eigenvalue weighted by Crippen LogP contribution is 2.33. The molecule has 3 aromatic rings. The first kappa shape index (κ1) is 13.1. The molecule has 0 bridgehead atoms. The fourth-order valence-corrected chi connectivity index (χ4v) is 2.02. The van der Waals surface area contributed by atoms with Crippen LogP contribution in [0.25, 0.3) is 11.0 Å². The average molecular weight is 285 g/mol. The molecule has 21 heavy (non-hydrogen) atoms. The van der Waals surface area contributed by atoms with E-state index >= 15 is 0 Å². The first-order valence-electron chi connectivity index (χ1n) is 6.17. The lowest BCUT2D eigenvalue weighted by Crippen LogP contribution is -1.97. The number of hydrogen-bond donors (Lipinski definition) is 0. The molecule has 104 valence electrons. The van der Waals surface area contributed by atoms with Crippen LogP contribution in [-0.4, -0.2) is 0 Å². The van der Waals surface area contributed by atoms with Crippen LogP contribution in [0.4, 0.5) is 8.78 Å². The van der Waals surface area contributed by atoms with Gasteiger partial charge in [-0.25, -0.2) is 8.78 Å². The molecular formula is C16H9F2NO2. The molecule has 0 saturated carbocycles. The second-order valence-electron chi connectivity index (χ2n) is 4.41. The van der Waals surface area contributed by atoms with Crippen LogP contribution in [0.5, 0.6) is 5.75 Å². The van der Waals surface area contributed by atoms with Gasteiger partial charge in [-0.15, -0.1) is 0 Å². The second-order valence-corrected chi connectivity index (χ2v) is 4.41. The molecule has 5 heteroatoms. The van der Waals surface area contributed by atoms with Crippen molar-refractivity contribution >= 4 is 11.0 Å². The van der Waals surface area contributed by atoms with Gasteiger partial charge in [0, 0.05) is 0 Å². The minimum Gasteiger partial charge on any atom is -0.483 e. The first-order valence-corrected chi connectivity index (χ1v) is 6.17. The summed E-state index contributed by atoms with van der Waals surface area (Å²) in [7, 11) is 0. The van der Waals surface area contributed by atoms with Crippen molar-refractivity contribution in [1.29, 1.82) is 5.26 Å². The van der Waals surface area contributed by atoms with Crippen molar-refractivity contribution in [2.75, 3.05) is 0 Å². The van der Waals surface area contributed by atoms with Gasteiger partial charge in [-0.1, -0.05) is 18.2 Å². The number of rotatable bonds is 3. The zero-order chi connectivity index (χ0) is 14.8. The lowest BCUT2D eigenvalue weighted by molar-refractivity contribution is 0.302. The molecule has 3 rings (SSSR count). The topological polar surface area (TPSA) is 46.2 Å². The first-order chi connectivity index (χ1) is 10.2. The van der Waals surface area contributed by atoms with E-state index in [0.717, 1.165) is 12.1 Å². The Bertz CT molecular complexity index is 849. The number of para-hydroxylation sites is 1. The van der Waals surface area contributed by atoms with E-state index in [1.165, 1.54) is 6.07 Å². The van der Waals surface area contributed by atoms with Gasteiger partial charge in [0.05, 0.1) is 5.39 Å². The van der Waals surface area contributed by atoms with E-state index in [0.29, 0.717) is 22.3 Å². The van der Waals surface area contributed by atoms with Gasteiger partial charge in [-0.05, 0) is 29.8 Å². The second kappa shape index (κ2) is 5.25. The van der Waals surface area contributed by atoms with Gasteiger partial charge in [0.2, 0.25) is 5.76 Å². The molecule has 0 saturated heterocycles. The molecule has 0 atom stereocenters. The lowest BCUT2D eigenvalue weighted by Gasteiger charge is -2.05. The summed E-state index contributed by atoms with van der Waals surface area (Å²) in [5.41, 5.74) is 0.998. The number of nitrogens with zero attached hydrogens (tertiary/aromatic N) is 1. The third kappa shape index (κ3) is 2.43. The molecule has 0 fully saturated rings. The Hall–Kier alpha value is -2.87. The summed E-state index contributed by atoms with van der Waals surface area (Å²) in [6.07, 6.45) is 0. The van der Waals surface area contributed by atoms with Crippen LogP contribution in [0, 0.1) is 23.0 Å². The van der Waals surface area contributed by atoms with Crippen molar-refractivity contribution < 1.29 is 17.9 Å². The van der Waals surface area contributed by atoms with Crippen LogP contribution in [-0.2, 0) is 6.61 Å². The Labute approximate surface area is 119 Å². The van der Waals surface area contributed by atoms with Gasteiger partial charge in [0.25, 0.3) is 0 Å². The van der Waals surface area contributed by atoms with E-state index in [4.69, 9.17) is 14.4 Å². The minimum atomic E-state index is -0.936. The molecule has 2 aromatic carbocycles. The number of benzene rings is 2. The standard InChI is InChI=1S/C16H9F2NO2/c17-12-6-5-10(7-13(12)18)9-20-16-11-3-1-2-4-14(11)21-15(16)8-19/h1-7H,9H2. The fraction of sp³-hybridized carbons (Fsp3) is 0.0625. The molecule has 0 amide bonds. The quantitative estimate of drug-likeness (QED) is 0.725. The normalized spacial score (nSPS) is 10.5. The van der Waals surface area contributed by atoms with Gasteiger partial charge in [-0.2, -0.15) is 5.26 Å². The number of fused-ring (bicyclic) bond motifs is 1. The maximum absolute atomic E-state index is 13.1. The monoisotopic (exact) mass is 285 g/mol. The number of halogens is 2. The third-order valence-electron chi connectivity index (χ3n) is 3.02. The van der Waals surface area contributed by atoms with E-state index in [-0.39, 0.29) is 12.4 Å². The van der Waals surface area contributed by atoms with Crippen molar-refractivity contribution in [3.05, 3.63) is 65.4 Å². The molecule has 0 aliphatic carbocycles. The molecule has 1 aromatic heterocycles. The summed E-state index contributed by atoms with van der Waals surface area (Å²) in [6.45, 7) is 0.00933. The maximum Gasteiger partial charge on any atom is 0.246 e. The molecule has 0 aliphatic heterocycles. The zero-order valence-corrected chi connectivity index (χ0v) is 10.8. The van der Waals surface area contributed by atoms with Crippen LogP contribution in [0.3, 0.4) is 0 Å². The zero-order valence-electron chi connectivity index (χ0n) is 10.8. The summed E-state index contributed by atoms with van der Waals surface area (Å²) in [4.78, 5) is 0. The smallest absolute Gasteiger partial charge is 0.246 e. The Morgan fingerprint density at radius 3 is 2.67 bits per heavy atom. The van der Waals surface area contributed by atoms with Crippen molar-refractivity contribution in [3.8, 4) is 11.8 Å². The molecule has 3 nitrogen and oxygen atoms in total. The summed E-state index contributed by atoms with van der Waals surface area (Å²) < 4.78 is 36.9. The Morgan fingerprint density at radius 2 is 1.90 bits per heavy atom. The Balaban J connectivity index is 1.91. The van der Waals surface area contributed by atoms with Gasteiger partial charge >= 0.3 is 0 Å². The van der Waals surface area contributed by atoms with Gasteiger partial charge in [0.1, 0.15) is 18.3 Å². The van der Waals surface area contributed by atoms with Gasteiger partial charge in [-0.3, -0.25) is 0 Å². The Kier molecular flexibility index (Phi) is 3.28. The number of ether oxygens (including phenoxy) is 1.